The van der Waals surface area contributed by atoms with E-state index in [1.54, 1.807) is 0 Å². The number of anilines is 2. The fraction of sp³-hybridized carbons (Fsp3) is 0.750. The molecule has 3 N–H and O–H groups in total. The molecule has 9 heteroatoms. The van der Waals surface area contributed by atoms with Gasteiger partial charge in [-0.2, -0.15) is 9.97 Å². The molecule has 0 aromatic carbocycles. The molecule has 7 nitrogen and oxygen atoms in total. The van der Waals surface area contributed by atoms with Crippen LogP contribution >= 0.6 is 24.8 Å². The van der Waals surface area contributed by atoms with E-state index in [0.717, 1.165) is 48.6 Å². The summed E-state index contributed by atoms with van der Waals surface area (Å²) in [4.78, 5) is 16.9. The molecule has 0 atom stereocenters. The van der Waals surface area contributed by atoms with Crippen LogP contribution in [-0.4, -0.2) is 44.7 Å². The fourth-order valence-corrected chi connectivity index (χ4v) is 4.74. The zero-order chi connectivity index (χ0) is 18.4. The first kappa shape index (κ1) is 22.4. The number of nitrogens with one attached hydrogen (secondary N) is 1. The number of imidazole rings is 1. The molecule has 0 spiro atoms. The van der Waals surface area contributed by atoms with Crippen LogP contribution in [0, 0.1) is 0 Å². The summed E-state index contributed by atoms with van der Waals surface area (Å²) in [6, 6.07) is 1.90. The molecule has 2 aromatic heterocycles. The summed E-state index contributed by atoms with van der Waals surface area (Å²) >= 11 is 0. The highest BCUT2D eigenvalue weighted by atomic mass is 35.5. The van der Waals surface area contributed by atoms with E-state index in [1.807, 2.05) is 6.33 Å². The van der Waals surface area contributed by atoms with Gasteiger partial charge in [-0.25, -0.2) is 4.98 Å². The molecule has 3 fully saturated rings. The molecule has 0 aliphatic heterocycles. The molecular formula is C20H33Cl2N7. The van der Waals surface area contributed by atoms with Crippen molar-refractivity contribution in [3.05, 3.63) is 6.33 Å². The van der Waals surface area contributed by atoms with Gasteiger partial charge in [-0.15, -0.1) is 24.8 Å². The molecule has 162 valence electrons. The van der Waals surface area contributed by atoms with Gasteiger partial charge in [-0.1, -0.05) is 12.8 Å². The quantitative estimate of drug-likeness (QED) is 0.726. The standard InChI is InChI=1S/C20H31N7.2ClH/c1-26(15-10-11-15)18-17-19(27(12-22-17)16-4-2-3-5-16)25-20(24-18)23-14-8-6-13(21)7-9-14;;/h12-16H,2-11,21H2,1H3,(H,23,24,25);2*1H/t13-,14-;;. The molecule has 29 heavy (non-hydrogen) atoms. The van der Waals surface area contributed by atoms with Gasteiger partial charge in [-0.3, -0.25) is 0 Å². The third-order valence-electron chi connectivity index (χ3n) is 6.65. The van der Waals surface area contributed by atoms with Crippen molar-refractivity contribution < 1.29 is 0 Å². The first-order chi connectivity index (χ1) is 13.2. The maximum Gasteiger partial charge on any atom is 0.227 e. The monoisotopic (exact) mass is 441 g/mol. The van der Waals surface area contributed by atoms with Gasteiger partial charge in [0.05, 0.1) is 6.33 Å². The van der Waals surface area contributed by atoms with E-state index in [0.29, 0.717) is 24.2 Å². The van der Waals surface area contributed by atoms with E-state index in [4.69, 9.17) is 20.7 Å². The lowest BCUT2D eigenvalue weighted by atomic mass is 9.92. The Kier molecular flexibility index (Phi) is 7.12. The van der Waals surface area contributed by atoms with Crippen LogP contribution in [0.2, 0.25) is 0 Å². The summed E-state index contributed by atoms with van der Waals surface area (Å²) in [5.41, 5.74) is 8.01. The fourth-order valence-electron chi connectivity index (χ4n) is 4.74. The number of hydrogen-bond acceptors (Lipinski definition) is 6. The van der Waals surface area contributed by atoms with Gasteiger partial charge in [0.1, 0.15) is 0 Å². The average Bonchev–Trinajstić information content (AvgIpc) is 3.21. The maximum atomic E-state index is 6.07. The number of nitrogens with two attached hydrogens (primary N) is 1. The highest BCUT2D eigenvalue weighted by molar-refractivity contribution is 5.86. The Morgan fingerprint density at radius 1 is 1.00 bits per heavy atom. The number of aromatic nitrogens is 4. The lowest BCUT2D eigenvalue weighted by Gasteiger charge is -2.27. The minimum absolute atomic E-state index is 0. The number of halogens is 2. The van der Waals surface area contributed by atoms with E-state index >= 15 is 0 Å². The third kappa shape index (κ3) is 4.57. The number of fused-ring (bicyclic) bond motifs is 1. The predicted molar refractivity (Wildman–Crippen MR) is 123 cm³/mol. The number of rotatable bonds is 5. The molecule has 2 heterocycles. The van der Waals surface area contributed by atoms with Gasteiger partial charge in [0.25, 0.3) is 0 Å². The van der Waals surface area contributed by atoms with Crippen LogP contribution in [0.5, 0.6) is 0 Å². The van der Waals surface area contributed by atoms with Crippen LogP contribution in [0.3, 0.4) is 0 Å². The Morgan fingerprint density at radius 2 is 1.69 bits per heavy atom. The Morgan fingerprint density at radius 3 is 2.34 bits per heavy atom. The van der Waals surface area contributed by atoms with E-state index < -0.39 is 0 Å². The van der Waals surface area contributed by atoms with Crippen LogP contribution in [0.1, 0.15) is 70.3 Å². The van der Waals surface area contributed by atoms with Gasteiger partial charge in [0, 0.05) is 31.2 Å². The van der Waals surface area contributed by atoms with E-state index in [2.05, 4.69) is 21.8 Å². The Balaban J connectivity index is 0.00000120. The van der Waals surface area contributed by atoms with Gasteiger partial charge in [-0.05, 0) is 51.4 Å². The zero-order valence-corrected chi connectivity index (χ0v) is 18.7. The van der Waals surface area contributed by atoms with Crippen molar-refractivity contribution in [1.29, 1.82) is 0 Å². The Bertz CT molecular complexity index is 809. The summed E-state index contributed by atoms with van der Waals surface area (Å²) < 4.78 is 2.30. The van der Waals surface area contributed by atoms with Gasteiger partial charge in [0.2, 0.25) is 5.95 Å². The molecule has 0 amide bonds. The third-order valence-corrected chi connectivity index (χ3v) is 6.65. The molecule has 2 aromatic rings. The second-order valence-electron chi connectivity index (χ2n) is 8.73. The summed E-state index contributed by atoms with van der Waals surface area (Å²) in [5.74, 6) is 1.74. The normalized spacial score (nSPS) is 24.8. The van der Waals surface area contributed by atoms with Gasteiger partial charge in [0.15, 0.2) is 17.0 Å². The molecule has 0 unspecified atom stereocenters. The lowest BCUT2D eigenvalue weighted by Crippen LogP contribution is -2.33. The topological polar surface area (TPSA) is 84.9 Å². The highest BCUT2D eigenvalue weighted by Crippen LogP contribution is 2.36. The molecule has 3 aliphatic rings. The highest BCUT2D eigenvalue weighted by Gasteiger charge is 2.31. The van der Waals surface area contributed by atoms with Crippen molar-refractivity contribution in [2.75, 3.05) is 17.3 Å². The number of nitrogens with zero attached hydrogens (tertiary/aromatic N) is 5. The molecule has 5 rings (SSSR count). The van der Waals surface area contributed by atoms with Crippen molar-refractivity contribution in [3.63, 3.8) is 0 Å². The summed E-state index contributed by atoms with van der Waals surface area (Å²) in [7, 11) is 2.15. The number of hydrogen-bond donors (Lipinski definition) is 2. The maximum absolute atomic E-state index is 6.07. The van der Waals surface area contributed by atoms with Gasteiger partial charge >= 0.3 is 0 Å². The summed E-state index contributed by atoms with van der Waals surface area (Å²) in [6.07, 6.45) is 13.9. The van der Waals surface area contributed by atoms with Crippen LogP contribution in [0.15, 0.2) is 6.33 Å². The predicted octanol–water partition coefficient (Wildman–Crippen LogP) is 4.07. The van der Waals surface area contributed by atoms with Gasteiger partial charge < -0.3 is 20.5 Å². The molecular weight excluding hydrogens is 409 g/mol. The molecule has 0 radical (unpaired) electrons. The molecule has 3 aliphatic carbocycles. The van der Waals surface area contributed by atoms with E-state index in [1.165, 1.54) is 38.5 Å². The first-order valence-electron chi connectivity index (χ1n) is 10.7. The molecule has 0 saturated heterocycles. The lowest BCUT2D eigenvalue weighted by molar-refractivity contribution is 0.410. The first-order valence-corrected chi connectivity index (χ1v) is 10.7. The van der Waals surface area contributed by atoms with Crippen LogP contribution in [-0.2, 0) is 0 Å². The summed E-state index contributed by atoms with van der Waals surface area (Å²) in [6.45, 7) is 0. The van der Waals surface area contributed by atoms with Crippen molar-refractivity contribution in [1.82, 2.24) is 19.5 Å². The van der Waals surface area contributed by atoms with Crippen molar-refractivity contribution >= 4 is 47.7 Å². The average molecular weight is 442 g/mol. The zero-order valence-electron chi connectivity index (χ0n) is 17.1. The minimum atomic E-state index is 0. The SMILES string of the molecule is CN(c1nc(N[C@H]2CC[C@H](N)CC2)nc2c1ncn2C1CCCC1)C1CC1.Cl.Cl. The van der Waals surface area contributed by atoms with Crippen LogP contribution in [0.25, 0.3) is 11.2 Å². The second-order valence-corrected chi connectivity index (χ2v) is 8.73. The largest absolute Gasteiger partial charge is 0.355 e. The molecule has 0 bridgehead atoms. The van der Waals surface area contributed by atoms with Crippen LogP contribution in [0.4, 0.5) is 11.8 Å². The van der Waals surface area contributed by atoms with Crippen molar-refractivity contribution in [2.24, 2.45) is 5.73 Å². The smallest absolute Gasteiger partial charge is 0.227 e. The Labute approximate surface area is 185 Å². The van der Waals surface area contributed by atoms with Crippen molar-refractivity contribution in [2.45, 2.75) is 88.4 Å². The van der Waals surface area contributed by atoms with E-state index in [9.17, 15) is 0 Å². The van der Waals surface area contributed by atoms with E-state index in [-0.39, 0.29) is 24.8 Å². The Hall–Kier alpha value is -1.31. The minimum Gasteiger partial charge on any atom is -0.355 e. The summed E-state index contributed by atoms with van der Waals surface area (Å²) in [5, 5.41) is 3.61. The van der Waals surface area contributed by atoms with Crippen molar-refractivity contribution in [3.8, 4) is 0 Å². The van der Waals surface area contributed by atoms with Crippen LogP contribution < -0.4 is 16.0 Å². The molecule has 3 saturated carbocycles. The second kappa shape index (κ2) is 9.23.